The average molecular weight is 389 g/mol. The summed E-state index contributed by atoms with van der Waals surface area (Å²) in [4.78, 5) is 12.0. The number of ether oxygens (including phenoxy) is 2. The van der Waals surface area contributed by atoms with Crippen LogP contribution >= 0.6 is 12.2 Å². The highest BCUT2D eigenvalue weighted by atomic mass is 32.1. The summed E-state index contributed by atoms with van der Waals surface area (Å²) in [5, 5.41) is 9.58. The summed E-state index contributed by atoms with van der Waals surface area (Å²) in [6.07, 6.45) is 5.20. The highest BCUT2D eigenvalue weighted by Gasteiger charge is 2.14. The Balaban J connectivity index is 2.02. The largest absolute Gasteiger partial charge is 0.493 e. The zero-order chi connectivity index (χ0) is 19.6. The van der Waals surface area contributed by atoms with Crippen LogP contribution < -0.4 is 14.8 Å². The van der Waals surface area contributed by atoms with Crippen molar-refractivity contribution in [2.75, 3.05) is 20.7 Å². The van der Waals surface area contributed by atoms with Gasteiger partial charge in [-0.15, -0.1) is 0 Å². The monoisotopic (exact) mass is 389 g/mol. The Bertz CT molecular complexity index is 790. The summed E-state index contributed by atoms with van der Waals surface area (Å²) >= 11 is 5.27. The highest BCUT2D eigenvalue weighted by molar-refractivity contribution is 7.80. The predicted octanol–water partition coefficient (Wildman–Crippen LogP) is 3.45. The molecule has 0 aliphatic heterocycles. The molecule has 8 heteroatoms. The quantitative estimate of drug-likeness (QED) is 0.185. The van der Waals surface area contributed by atoms with E-state index in [1.807, 2.05) is 0 Å². The van der Waals surface area contributed by atoms with E-state index in [2.05, 4.69) is 17.3 Å². The van der Waals surface area contributed by atoms with Crippen LogP contribution in [-0.4, -0.2) is 43.0 Å². The Morgan fingerprint density at radius 1 is 1.37 bits per heavy atom. The first-order valence-corrected chi connectivity index (χ1v) is 8.95. The number of methoxy groups -OCH3 is 1. The van der Waals surface area contributed by atoms with Crippen LogP contribution in [0.4, 0.5) is 0 Å². The van der Waals surface area contributed by atoms with Gasteiger partial charge in [-0.05, 0) is 54.5 Å². The van der Waals surface area contributed by atoms with Gasteiger partial charge in [-0.25, -0.2) is 9.80 Å². The summed E-state index contributed by atoms with van der Waals surface area (Å²) in [7, 11) is 3.27. The maximum Gasteiger partial charge on any atom is 0.379 e. The standard InChI is InChI=1S/C19H23N3O4S/c1-4-5-10-20-19(27)22(2)21-13-14-8-9-15(17(12-14)24-3)26-18(23)16-7-6-11-25-16/h6-9,11-13H,4-5,10H2,1-3H3,(H,20,27). The van der Waals surface area contributed by atoms with E-state index in [9.17, 15) is 4.79 Å². The van der Waals surface area contributed by atoms with E-state index in [1.165, 1.54) is 19.4 Å². The van der Waals surface area contributed by atoms with Crippen molar-refractivity contribution in [3.05, 3.63) is 47.9 Å². The third-order valence-electron chi connectivity index (χ3n) is 3.59. The molecule has 0 amide bonds. The smallest absolute Gasteiger partial charge is 0.379 e. The van der Waals surface area contributed by atoms with Crippen molar-refractivity contribution in [3.8, 4) is 11.5 Å². The van der Waals surface area contributed by atoms with Crippen molar-refractivity contribution < 1.29 is 18.7 Å². The number of benzene rings is 1. The third-order valence-corrected chi connectivity index (χ3v) is 4.00. The van der Waals surface area contributed by atoms with E-state index >= 15 is 0 Å². The molecule has 27 heavy (non-hydrogen) atoms. The van der Waals surface area contributed by atoms with E-state index in [-0.39, 0.29) is 5.76 Å². The summed E-state index contributed by atoms with van der Waals surface area (Å²) < 4.78 is 15.6. The van der Waals surface area contributed by atoms with Gasteiger partial charge in [0.25, 0.3) is 0 Å². The minimum Gasteiger partial charge on any atom is -0.493 e. The molecule has 1 aromatic heterocycles. The van der Waals surface area contributed by atoms with Crippen LogP contribution in [-0.2, 0) is 0 Å². The zero-order valence-corrected chi connectivity index (χ0v) is 16.4. The van der Waals surface area contributed by atoms with Crippen molar-refractivity contribution in [1.82, 2.24) is 10.3 Å². The van der Waals surface area contributed by atoms with Gasteiger partial charge in [0, 0.05) is 13.6 Å². The molecule has 1 aromatic carbocycles. The summed E-state index contributed by atoms with van der Waals surface area (Å²) in [5.74, 6) is 0.225. The number of hydrazone groups is 1. The third kappa shape index (κ3) is 6.10. The Morgan fingerprint density at radius 2 is 2.19 bits per heavy atom. The average Bonchev–Trinajstić information content (AvgIpc) is 3.21. The lowest BCUT2D eigenvalue weighted by molar-refractivity contribution is 0.0696. The number of esters is 1. The van der Waals surface area contributed by atoms with E-state index in [4.69, 9.17) is 26.1 Å². The van der Waals surface area contributed by atoms with Crippen molar-refractivity contribution in [2.24, 2.45) is 5.10 Å². The van der Waals surface area contributed by atoms with Crippen LogP contribution in [0.5, 0.6) is 11.5 Å². The minimum atomic E-state index is -0.594. The SMILES string of the molecule is CCCCNC(=S)N(C)N=Cc1ccc(OC(=O)c2ccco2)c(OC)c1. The topological polar surface area (TPSA) is 76.3 Å². The molecular weight excluding hydrogens is 366 g/mol. The van der Waals surface area contributed by atoms with Crippen LogP contribution in [0.15, 0.2) is 46.1 Å². The molecular formula is C19H23N3O4S. The van der Waals surface area contributed by atoms with Gasteiger partial charge in [0.05, 0.1) is 19.6 Å². The van der Waals surface area contributed by atoms with E-state index < -0.39 is 5.97 Å². The molecule has 0 spiro atoms. The fraction of sp³-hybridized carbons (Fsp3) is 0.316. The van der Waals surface area contributed by atoms with Gasteiger partial charge < -0.3 is 19.2 Å². The molecule has 144 valence electrons. The second kappa shape index (κ2) is 10.3. The predicted molar refractivity (Wildman–Crippen MR) is 108 cm³/mol. The molecule has 7 nitrogen and oxygen atoms in total. The van der Waals surface area contributed by atoms with Crippen LogP contribution in [0.3, 0.4) is 0 Å². The number of furan rings is 1. The first-order chi connectivity index (χ1) is 13.0. The Labute approximate surface area is 163 Å². The number of carbonyl (C=O) groups excluding carboxylic acids is 1. The number of hydrogen-bond acceptors (Lipinski definition) is 6. The number of thiocarbonyl (C=S) groups is 1. The molecule has 2 aromatic rings. The Morgan fingerprint density at radius 3 is 2.85 bits per heavy atom. The number of hydrogen-bond donors (Lipinski definition) is 1. The van der Waals surface area contributed by atoms with Crippen LogP contribution in [0, 0.1) is 0 Å². The van der Waals surface area contributed by atoms with Crippen molar-refractivity contribution in [3.63, 3.8) is 0 Å². The number of nitrogens with one attached hydrogen (secondary N) is 1. The van der Waals surface area contributed by atoms with Crippen LogP contribution in [0.2, 0.25) is 0 Å². The number of rotatable bonds is 8. The van der Waals surface area contributed by atoms with Gasteiger partial charge in [-0.1, -0.05) is 13.3 Å². The number of carbonyl (C=O) groups is 1. The van der Waals surface area contributed by atoms with Gasteiger partial charge >= 0.3 is 5.97 Å². The maximum atomic E-state index is 12.0. The van der Waals surface area contributed by atoms with Gasteiger partial charge in [-0.3, -0.25) is 0 Å². The van der Waals surface area contributed by atoms with Gasteiger partial charge in [-0.2, -0.15) is 5.10 Å². The van der Waals surface area contributed by atoms with Crippen molar-refractivity contribution in [2.45, 2.75) is 19.8 Å². The lowest BCUT2D eigenvalue weighted by Crippen LogP contribution is -2.34. The number of unbranched alkanes of at least 4 members (excludes halogenated alkanes) is 1. The summed E-state index contributed by atoms with van der Waals surface area (Å²) in [6, 6.07) is 8.27. The van der Waals surface area contributed by atoms with Crippen LogP contribution in [0.1, 0.15) is 35.9 Å². The molecule has 0 aliphatic carbocycles. The minimum absolute atomic E-state index is 0.119. The molecule has 0 bridgehead atoms. The molecule has 0 unspecified atom stereocenters. The summed E-state index contributed by atoms with van der Waals surface area (Å²) in [5.41, 5.74) is 0.771. The second-order valence-electron chi connectivity index (χ2n) is 5.63. The number of nitrogens with zero attached hydrogens (tertiary/aromatic N) is 2. The molecule has 0 aliphatic rings. The molecule has 2 rings (SSSR count). The fourth-order valence-corrected chi connectivity index (χ4v) is 2.24. The molecule has 0 radical (unpaired) electrons. The van der Waals surface area contributed by atoms with Crippen molar-refractivity contribution in [1.29, 1.82) is 0 Å². The first-order valence-electron chi connectivity index (χ1n) is 8.54. The Hall–Kier alpha value is -2.87. The van der Waals surface area contributed by atoms with Gasteiger partial charge in [0.1, 0.15) is 0 Å². The zero-order valence-electron chi connectivity index (χ0n) is 15.6. The van der Waals surface area contributed by atoms with Gasteiger partial charge in [0.15, 0.2) is 16.6 Å². The second-order valence-corrected chi connectivity index (χ2v) is 6.02. The highest BCUT2D eigenvalue weighted by Crippen LogP contribution is 2.28. The van der Waals surface area contributed by atoms with E-state index in [0.29, 0.717) is 16.6 Å². The molecule has 0 saturated carbocycles. The fourth-order valence-electron chi connectivity index (χ4n) is 2.09. The van der Waals surface area contributed by atoms with E-state index in [0.717, 1.165) is 24.9 Å². The maximum absolute atomic E-state index is 12.0. The lowest BCUT2D eigenvalue weighted by atomic mass is 10.2. The van der Waals surface area contributed by atoms with E-state index in [1.54, 1.807) is 42.5 Å². The normalized spacial score (nSPS) is 10.6. The summed E-state index contributed by atoms with van der Waals surface area (Å²) in [6.45, 7) is 2.94. The lowest BCUT2D eigenvalue weighted by Gasteiger charge is -2.15. The van der Waals surface area contributed by atoms with Crippen molar-refractivity contribution >= 4 is 29.5 Å². The molecule has 1 heterocycles. The van der Waals surface area contributed by atoms with Crippen LogP contribution in [0.25, 0.3) is 0 Å². The first kappa shape index (κ1) is 20.4. The molecule has 0 saturated heterocycles. The Kier molecular flexibility index (Phi) is 7.81. The van der Waals surface area contributed by atoms with Gasteiger partial charge in [0.2, 0.25) is 5.76 Å². The molecule has 0 atom stereocenters. The molecule has 1 N–H and O–H groups in total. The molecule has 0 fully saturated rings.